The molecule has 1 unspecified atom stereocenters. The Balaban J connectivity index is 1.80. The van der Waals surface area contributed by atoms with E-state index in [2.05, 4.69) is 24.5 Å². The quantitative estimate of drug-likeness (QED) is 0.770. The van der Waals surface area contributed by atoms with Gasteiger partial charge in [-0.15, -0.1) is 0 Å². The van der Waals surface area contributed by atoms with Crippen molar-refractivity contribution in [3.8, 4) is 0 Å². The van der Waals surface area contributed by atoms with E-state index in [4.69, 9.17) is 0 Å². The van der Waals surface area contributed by atoms with Crippen LogP contribution in [0.15, 0.2) is 0 Å². The first-order chi connectivity index (χ1) is 8.12. The first kappa shape index (κ1) is 12.9. The van der Waals surface area contributed by atoms with Gasteiger partial charge in [0.1, 0.15) is 0 Å². The molecule has 0 aromatic rings. The molecule has 0 spiro atoms. The summed E-state index contributed by atoms with van der Waals surface area (Å²) < 4.78 is 0. The van der Waals surface area contributed by atoms with Crippen molar-refractivity contribution in [2.24, 2.45) is 11.3 Å². The largest absolute Gasteiger partial charge is 0.354 e. The van der Waals surface area contributed by atoms with Crippen LogP contribution in [0.25, 0.3) is 0 Å². The third-order valence-corrected chi connectivity index (χ3v) is 4.26. The second-order valence-corrected chi connectivity index (χ2v) is 6.24. The minimum Gasteiger partial charge on any atom is -0.354 e. The molecule has 3 heteroatoms. The lowest BCUT2D eigenvalue weighted by Crippen LogP contribution is -2.49. The van der Waals surface area contributed by atoms with Crippen LogP contribution in [0.3, 0.4) is 0 Å². The van der Waals surface area contributed by atoms with E-state index in [9.17, 15) is 4.79 Å². The Bertz CT molecular complexity index is 265. The molecule has 1 heterocycles. The first-order valence-corrected chi connectivity index (χ1v) is 7.14. The van der Waals surface area contributed by atoms with Gasteiger partial charge in [-0.3, -0.25) is 4.79 Å². The van der Waals surface area contributed by atoms with Gasteiger partial charge in [0.15, 0.2) is 0 Å². The smallest absolute Gasteiger partial charge is 0.226 e. The Hall–Kier alpha value is -0.570. The van der Waals surface area contributed by atoms with Crippen molar-refractivity contribution in [1.29, 1.82) is 0 Å². The molecule has 0 aromatic heterocycles. The summed E-state index contributed by atoms with van der Waals surface area (Å²) >= 11 is 0. The zero-order valence-electron chi connectivity index (χ0n) is 11.2. The number of nitrogens with one attached hydrogen (secondary N) is 2. The molecule has 17 heavy (non-hydrogen) atoms. The van der Waals surface area contributed by atoms with Crippen LogP contribution in [-0.4, -0.2) is 25.0 Å². The van der Waals surface area contributed by atoms with E-state index in [1.807, 2.05) is 0 Å². The monoisotopic (exact) mass is 238 g/mol. The third kappa shape index (κ3) is 3.01. The van der Waals surface area contributed by atoms with Gasteiger partial charge >= 0.3 is 0 Å². The summed E-state index contributed by atoms with van der Waals surface area (Å²) in [6.07, 6.45) is 6.91. The summed E-state index contributed by atoms with van der Waals surface area (Å²) in [5, 5.41) is 6.60. The van der Waals surface area contributed by atoms with Crippen molar-refractivity contribution in [3.63, 3.8) is 0 Å². The van der Waals surface area contributed by atoms with E-state index in [1.165, 1.54) is 19.3 Å². The van der Waals surface area contributed by atoms with Crippen LogP contribution >= 0.6 is 0 Å². The maximum atomic E-state index is 12.3. The zero-order chi connectivity index (χ0) is 12.3. The molecule has 2 aliphatic rings. The van der Waals surface area contributed by atoms with Crippen molar-refractivity contribution in [2.75, 3.05) is 13.1 Å². The van der Waals surface area contributed by atoms with Crippen LogP contribution in [0.1, 0.15) is 52.4 Å². The standard InChI is InChI=1S/C14H26N2O/c1-11(2)9-14(6-4-7-14)13(17)16-10-12-5-3-8-15-12/h11-12,15H,3-10H2,1-2H3,(H,16,17). The van der Waals surface area contributed by atoms with Crippen molar-refractivity contribution >= 4 is 5.91 Å². The van der Waals surface area contributed by atoms with E-state index in [0.717, 1.165) is 32.4 Å². The number of amides is 1. The molecular weight excluding hydrogens is 212 g/mol. The molecular formula is C14H26N2O. The Morgan fingerprint density at radius 3 is 2.65 bits per heavy atom. The highest BCUT2D eigenvalue weighted by atomic mass is 16.2. The molecule has 0 aromatic carbocycles. The van der Waals surface area contributed by atoms with Crippen LogP contribution in [0.5, 0.6) is 0 Å². The average molecular weight is 238 g/mol. The van der Waals surface area contributed by atoms with Gasteiger partial charge in [-0.25, -0.2) is 0 Å². The summed E-state index contributed by atoms with van der Waals surface area (Å²) in [7, 11) is 0. The molecule has 98 valence electrons. The summed E-state index contributed by atoms with van der Waals surface area (Å²) in [5.41, 5.74) is -0.0211. The Labute approximate surface area is 105 Å². The van der Waals surface area contributed by atoms with Crippen molar-refractivity contribution in [2.45, 2.75) is 58.4 Å². The average Bonchev–Trinajstić information content (AvgIpc) is 2.72. The van der Waals surface area contributed by atoms with Crippen molar-refractivity contribution < 1.29 is 4.79 Å². The Morgan fingerprint density at radius 2 is 2.18 bits per heavy atom. The normalized spacial score (nSPS) is 26.9. The number of carbonyl (C=O) groups is 1. The molecule has 1 amide bonds. The maximum absolute atomic E-state index is 12.3. The zero-order valence-corrected chi connectivity index (χ0v) is 11.2. The lowest BCUT2D eigenvalue weighted by atomic mass is 9.64. The minimum absolute atomic E-state index is 0.0211. The highest BCUT2D eigenvalue weighted by molar-refractivity contribution is 5.83. The molecule has 1 atom stereocenters. The fourth-order valence-corrected chi connectivity index (χ4v) is 3.24. The van der Waals surface area contributed by atoms with E-state index in [1.54, 1.807) is 0 Å². The molecule has 2 fully saturated rings. The predicted octanol–water partition coefficient (Wildman–Crippen LogP) is 2.07. The molecule has 0 radical (unpaired) electrons. The van der Waals surface area contributed by atoms with Gasteiger partial charge < -0.3 is 10.6 Å². The fourth-order valence-electron chi connectivity index (χ4n) is 3.24. The minimum atomic E-state index is -0.0211. The van der Waals surface area contributed by atoms with E-state index >= 15 is 0 Å². The van der Waals surface area contributed by atoms with E-state index < -0.39 is 0 Å². The summed E-state index contributed by atoms with van der Waals surface area (Å²) in [6.45, 7) is 6.36. The van der Waals surface area contributed by atoms with Gasteiger partial charge in [0, 0.05) is 18.0 Å². The number of hydrogen-bond donors (Lipinski definition) is 2. The number of hydrogen-bond acceptors (Lipinski definition) is 2. The van der Waals surface area contributed by atoms with E-state index in [0.29, 0.717) is 17.9 Å². The van der Waals surface area contributed by atoms with Crippen LogP contribution in [0.4, 0.5) is 0 Å². The molecule has 1 aliphatic carbocycles. The second-order valence-electron chi connectivity index (χ2n) is 6.24. The highest BCUT2D eigenvalue weighted by Gasteiger charge is 2.44. The summed E-state index contributed by atoms with van der Waals surface area (Å²) in [6, 6.07) is 0.509. The van der Waals surface area contributed by atoms with Crippen molar-refractivity contribution in [1.82, 2.24) is 10.6 Å². The van der Waals surface area contributed by atoms with Gasteiger partial charge in [-0.05, 0) is 44.6 Å². The highest BCUT2D eigenvalue weighted by Crippen LogP contribution is 2.46. The molecule has 1 aliphatic heterocycles. The molecule has 0 bridgehead atoms. The Morgan fingerprint density at radius 1 is 1.41 bits per heavy atom. The van der Waals surface area contributed by atoms with Crippen LogP contribution in [0.2, 0.25) is 0 Å². The fraction of sp³-hybridized carbons (Fsp3) is 0.929. The van der Waals surface area contributed by atoms with Crippen LogP contribution < -0.4 is 10.6 Å². The molecule has 1 saturated heterocycles. The summed E-state index contributed by atoms with van der Waals surface area (Å²) in [4.78, 5) is 12.3. The topological polar surface area (TPSA) is 41.1 Å². The van der Waals surface area contributed by atoms with Gasteiger partial charge in [0.2, 0.25) is 5.91 Å². The number of rotatable bonds is 5. The number of carbonyl (C=O) groups excluding carboxylic acids is 1. The second kappa shape index (κ2) is 5.38. The first-order valence-electron chi connectivity index (χ1n) is 7.14. The maximum Gasteiger partial charge on any atom is 0.226 e. The van der Waals surface area contributed by atoms with Crippen LogP contribution in [0, 0.1) is 11.3 Å². The van der Waals surface area contributed by atoms with E-state index in [-0.39, 0.29) is 5.41 Å². The predicted molar refractivity (Wildman–Crippen MR) is 69.8 cm³/mol. The van der Waals surface area contributed by atoms with Crippen LogP contribution in [-0.2, 0) is 4.79 Å². The van der Waals surface area contributed by atoms with Gasteiger partial charge in [0.25, 0.3) is 0 Å². The van der Waals surface area contributed by atoms with Gasteiger partial charge in [0.05, 0.1) is 0 Å². The molecule has 2 N–H and O–H groups in total. The Kier molecular flexibility index (Phi) is 4.08. The van der Waals surface area contributed by atoms with Gasteiger partial charge in [-0.1, -0.05) is 20.3 Å². The lowest BCUT2D eigenvalue weighted by molar-refractivity contribution is -0.137. The molecule has 3 nitrogen and oxygen atoms in total. The molecule has 2 rings (SSSR count). The van der Waals surface area contributed by atoms with Crippen molar-refractivity contribution in [3.05, 3.63) is 0 Å². The SMILES string of the molecule is CC(C)CC1(C(=O)NCC2CCCN2)CCC1. The third-order valence-electron chi connectivity index (χ3n) is 4.26. The van der Waals surface area contributed by atoms with Gasteiger partial charge in [-0.2, -0.15) is 0 Å². The summed E-state index contributed by atoms with van der Waals surface area (Å²) in [5.74, 6) is 0.928. The lowest BCUT2D eigenvalue weighted by Gasteiger charge is -2.41. The molecule has 1 saturated carbocycles.